The number of nitrogens with two attached hydrogens (primary N) is 1. The zero-order valence-electron chi connectivity index (χ0n) is 40.0. The molecule has 0 bridgehead atoms. The van der Waals surface area contributed by atoms with E-state index in [0.717, 1.165) is 38.3 Å². The third kappa shape index (κ3) is 19.5. The Bertz CT molecular complexity index is 2040. The SMILES string of the molecule is CCC(C)CC(C)/C=C(C)/C=C/CC(C)C(OC(C)=O)C(C)/C=C(C)/C=C/C(OC(C)=O)C(C)(C)c1cc(=O)c(C2OC(COS(N)(=O)=O)CC(OC(C)=O)C2OC(C)=O)c([O-])o1.[Na+]. The molecule has 0 amide bonds. The minimum absolute atomic E-state index is 0. The van der Waals surface area contributed by atoms with Crippen molar-refractivity contribution >= 4 is 34.2 Å². The fraction of sp³-hybridized carbons (Fsp3) is 0.630. The first-order valence-corrected chi connectivity index (χ1v) is 22.7. The molecular weight excluding hydrogens is 862 g/mol. The summed E-state index contributed by atoms with van der Waals surface area (Å²) in [6.45, 7) is 21.8. The monoisotopic (exact) mass is 929 g/mol. The van der Waals surface area contributed by atoms with Gasteiger partial charge in [-0.25, -0.2) is 5.14 Å². The number of carbonyl (C=O) groups is 4. The minimum atomic E-state index is -4.46. The average Bonchev–Trinajstić information content (AvgIpc) is 3.14. The predicted molar refractivity (Wildman–Crippen MR) is 233 cm³/mol. The van der Waals surface area contributed by atoms with E-state index in [-0.39, 0.29) is 53.6 Å². The molecule has 1 aliphatic heterocycles. The van der Waals surface area contributed by atoms with Gasteiger partial charge in [-0.15, -0.1) is 0 Å². The molecular formula is C46H68NNaO15S. The van der Waals surface area contributed by atoms with Crippen molar-refractivity contribution in [3.05, 3.63) is 75.2 Å². The Hall–Kier alpha value is -3.58. The van der Waals surface area contributed by atoms with E-state index >= 15 is 0 Å². The normalized spacial score (nSPS) is 21.5. The first-order valence-electron chi connectivity index (χ1n) is 21.2. The molecule has 2 rings (SSSR count). The van der Waals surface area contributed by atoms with Gasteiger partial charge >= 0.3 is 63.7 Å². The molecule has 18 heteroatoms. The van der Waals surface area contributed by atoms with Crippen molar-refractivity contribution < 1.29 is 94.5 Å². The number of rotatable bonds is 22. The third-order valence-electron chi connectivity index (χ3n) is 10.8. The van der Waals surface area contributed by atoms with E-state index in [1.807, 2.05) is 26.8 Å². The van der Waals surface area contributed by atoms with Gasteiger partial charge < -0.3 is 33.2 Å². The van der Waals surface area contributed by atoms with Crippen LogP contribution in [0.25, 0.3) is 0 Å². The second kappa shape index (κ2) is 26.5. The first kappa shape index (κ1) is 58.4. The Balaban J connectivity index is 0.0000205. The number of allylic oxidation sites excluding steroid dienone is 6. The van der Waals surface area contributed by atoms with Gasteiger partial charge in [0.2, 0.25) is 0 Å². The molecule has 1 aromatic rings. The molecule has 2 N–H and O–H groups in total. The van der Waals surface area contributed by atoms with Gasteiger partial charge in [0, 0.05) is 51.2 Å². The van der Waals surface area contributed by atoms with Crippen LogP contribution in [0.5, 0.6) is 5.95 Å². The average molecular weight is 930 g/mol. The maximum Gasteiger partial charge on any atom is 1.00 e. The summed E-state index contributed by atoms with van der Waals surface area (Å²) in [7, 11) is -4.46. The molecule has 1 aromatic heterocycles. The van der Waals surface area contributed by atoms with Gasteiger partial charge in [-0.1, -0.05) is 96.4 Å². The van der Waals surface area contributed by atoms with Crippen LogP contribution >= 0.6 is 0 Å². The summed E-state index contributed by atoms with van der Waals surface area (Å²) in [5, 5.41) is 18.8. The van der Waals surface area contributed by atoms with Crippen LogP contribution in [0.15, 0.2) is 62.9 Å². The molecule has 0 aliphatic carbocycles. The number of ether oxygens (including phenoxy) is 5. The number of esters is 4. The summed E-state index contributed by atoms with van der Waals surface area (Å²) in [6, 6.07) is 1.01. The molecule has 354 valence electrons. The Morgan fingerprint density at radius 2 is 1.52 bits per heavy atom. The summed E-state index contributed by atoms with van der Waals surface area (Å²) in [4.78, 5) is 62.7. The summed E-state index contributed by atoms with van der Waals surface area (Å²) in [5.41, 5.74) is -1.01. The van der Waals surface area contributed by atoms with Crippen molar-refractivity contribution in [2.75, 3.05) is 6.61 Å². The topological polar surface area (TPSA) is 237 Å². The van der Waals surface area contributed by atoms with Crippen LogP contribution < -0.4 is 45.2 Å². The van der Waals surface area contributed by atoms with Crippen molar-refractivity contribution in [2.45, 2.75) is 158 Å². The van der Waals surface area contributed by atoms with Gasteiger partial charge in [-0.2, -0.15) is 8.42 Å². The zero-order chi connectivity index (χ0) is 48.0. The smallest absolute Gasteiger partial charge is 0.583 e. The summed E-state index contributed by atoms with van der Waals surface area (Å²) in [6.07, 6.45) is 7.08. The number of hydrogen-bond donors (Lipinski definition) is 1. The molecule has 0 saturated carbocycles. The number of hydrogen-bond acceptors (Lipinski definition) is 15. The second-order valence-corrected chi connectivity index (χ2v) is 18.5. The molecule has 10 atom stereocenters. The fourth-order valence-electron chi connectivity index (χ4n) is 7.61. The Morgan fingerprint density at radius 3 is 2.05 bits per heavy atom. The van der Waals surface area contributed by atoms with Gasteiger partial charge in [0.1, 0.15) is 24.4 Å². The van der Waals surface area contributed by atoms with Crippen LogP contribution in [-0.4, -0.2) is 69.4 Å². The second-order valence-electron chi connectivity index (χ2n) is 17.3. The molecule has 10 unspecified atom stereocenters. The van der Waals surface area contributed by atoms with E-state index < -0.39 is 99.8 Å². The van der Waals surface area contributed by atoms with Crippen LogP contribution in [0, 0.1) is 23.7 Å². The van der Waals surface area contributed by atoms with Crippen LogP contribution in [-0.2, 0) is 62.8 Å². The largest absolute Gasteiger partial charge is 1.00 e. The molecule has 1 saturated heterocycles. The summed E-state index contributed by atoms with van der Waals surface area (Å²) in [5.74, 6) is -3.26. The van der Waals surface area contributed by atoms with Crippen molar-refractivity contribution in [3.8, 4) is 5.95 Å². The van der Waals surface area contributed by atoms with Crippen molar-refractivity contribution in [1.82, 2.24) is 0 Å². The van der Waals surface area contributed by atoms with E-state index in [4.69, 9.17) is 33.2 Å². The fourth-order valence-corrected chi connectivity index (χ4v) is 7.95. The van der Waals surface area contributed by atoms with Gasteiger partial charge in [0.15, 0.2) is 11.5 Å². The van der Waals surface area contributed by atoms with Gasteiger partial charge in [0.25, 0.3) is 0 Å². The summed E-state index contributed by atoms with van der Waals surface area (Å²) >= 11 is 0. The molecule has 64 heavy (non-hydrogen) atoms. The van der Waals surface area contributed by atoms with E-state index in [1.165, 1.54) is 19.4 Å². The van der Waals surface area contributed by atoms with E-state index in [2.05, 4.69) is 50.1 Å². The molecule has 0 spiro atoms. The molecule has 1 fully saturated rings. The molecule has 1 aliphatic rings. The van der Waals surface area contributed by atoms with Crippen LogP contribution in [0.2, 0.25) is 0 Å². The Kier molecular flexibility index (Phi) is 24.2. The van der Waals surface area contributed by atoms with Crippen molar-refractivity contribution in [1.29, 1.82) is 0 Å². The van der Waals surface area contributed by atoms with Crippen LogP contribution in [0.3, 0.4) is 0 Å². The Morgan fingerprint density at radius 1 is 0.922 bits per heavy atom. The minimum Gasteiger partial charge on any atom is -0.583 e. The standard InChI is InChI=1S/C46H69NO15S.Na/c1-14-26(2)20-29(5)21-27(3)16-15-17-30(6)42(59-34(10)50)31(7)22-28(4)18-19-39(58-33(9)49)46(12,13)40-24-37(52)41(45(53)62-40)44-43(60-35(11)51)38(57-32(8)48)23-36(61-44)25-56-63(47,54)55;/h15-16,18-19,21-22,24,26,29-31,36,38-39,42-44,53H,14,17,20,23,25H2,1-13H3,(H2,47,54,55);/q;+1/p-1/b16-15+,19-18+,27-21+,28-22+;. The number of carbonyl (C=O) groups excluding carboxylic acids is 4. The van der Waals surface area contributed by atoms with Crippen molar-refractivity contribution in [3.63, 3.8) is 0 Å². The predicted octanol–water partition coefficient (Wildman–Crippen LogP) is 3.51. The maximum absolute atomic E-state index is 13.9. The summed E-state index contributed by atoms with van der Waals surface area (Å²) < 4.78 is 61.6. The van der Waals surface area contributed by atoms with E-state index in [9.17, 15) is 37.5 Å². The van der Waals surface area contributed by atoms with E-state index in [1.54, 1.807) is 26.0 Å². The molecule has 0 aromatic carbocycles. The van der Waals surface area contributed by atoms with Gasteiger partial charge in [-0.05, 0) is 56.6 Å². The van der Waals surface area contributed by atoms with Crippen molar-refractivity contribution in [2.24, 2.45) is 28.8 Å². The van der Waals surface area contributed by atoms with Gasteiger partial charge in [-0.3, -0.25) is 28.2 Å². The van der Waals surface area contributed by atoms with Crippen LogP contribution in [0.1, 0.15) is 133 Å². The first-order chi connectivity index (χ1) is 29.1. The molecule has 16 nitrogen and oxygen atoms in total. The molecule has 0 radical (unpaired) electrons. The van der Waals surface area contributed by atoms with E-state index in [0.29, 0.717) is 18.3 Å². The molecule has 2 heterocycles. The zero-order valence-corrected chi connectivity index (χ0v) is 42.8. The quantitative estimate of drug-likeness (QED) is 0.0758. The Labute approximate surface area is 400 Å². The third-order valence-corrected chi connectivity index (χ3v) is 11.2. The maximum atomic E-state index is 13.9. The van der Waals surface area contributed by atoms with Crippen LogP contribution in [0.4, 0.5) is 0 Å². The van der Waals surface area contributed by atoms with Gasteiger partial charge in [0.05, 0.1) is 24.2 Å².